The van der Waals surface area contributed by atoms with Crippen molar-refractivity contribution in [3.63, 3.8) is 0 Å². The molecule has 6 heteroatoms. The molecule has 1 aliphatic rings. The normalized spacial score (nSPS) is 19.4. The van der Waals surface area contributed by atoms with Gasteiger partial charge in [-0.15, -0.1) is 0 Å². The molecule has 19 heavy (non-hydrogen) atoms. The van der Waals surface area contributed by atoms with Crippen molar-refractivity contribution in [3.05, 3.63) is 33.9 Å². The van der Waals surface area contributed by atoms with Crippen LogP contribution in [0.15, 0.2) is 18.2 Å². The van der Waals surface area contributed by atoms with E-state index in [1.807, 2.05) is 13.0 Å². The smallest absolute Gasteiger partial charge is 0.292 e. The first-order valence-corrected chi connectivity index (χ1v) is 6.23. The molecule has 1 fully saturated rings. The van der Waals surface area contributed by atoms with Crippen molar-refractivity contribution < 1.29 is 9.72 Å². The van der Waals surface area contributed by atoms with E-state index < -0.39 is 0 Å². The van der Waals surface area contributed by atoms with Crippen LogP contribution in [0.25, 0.3) is 0 Å². The highest BCUT2D eigenvalue weighted by molar-refractivity contribution is 5.77. The van der Waals surface area contributed by atoms with Crippen molar-refractivity contribution in [3.8, 4) is 0 Å². The Morgan fingerprint density at radius 1 is 1.47 bits per heavy atom. The highest BCUT2D eigenvalue weighted by atomic mass is 16.6. The number of piperidine rings is 1. The van der Waals surface area contributed by atoms with Gasteiger partial charge in [0, 0.05) is 32.1 Å². The Labute approximate surface area is 111 Å². The minimum atomic E-state index is -0.382. The van der Waals surface area contributed by atoms with Gasteiger partial charge in [-0.1, -0.05) is 12.1 Å². The van der Waals surface area contributed by atoms with Crippen LogP contribution < -0.4 is 5.32 Å². The number of benzene rings is 1. The molecule has 1 N–H and O–H groups in total. The summed E-state index contributed by atoms with van der Waals surface area (Å²) in [5, 5.41) is 14.2. The van der Waals surface area contributed by atoms with E-state index in [1.165, 1.54) is 6.07 Å². The van der Waals surface area contributed by atoms with Gasteiger partial charge in [-0.05, 0) is 18.9 Å². The molecule has 1 aliphatic heterocycles. The number of para-hydroxylation sites is 1. The maximum Gasteiger partial charge on any atom is 0.292 e. The molecule has 1 unspecified atom stereocenters. The number of hydrogen-bond donors (Lipinski definition) is 1. The Balaban J connectivity index is 2.19. The third-order valence-electron chi connectivity index (χ3n) is 3.42. The summed E-state index contributed by atoms with van der Waals surface area (Å²) >= 11 is 0. The van der Waals surface area contributed by atoms with E-state index in [0.717, 1.165) is 5.56 Å². The van der Waals surface area contributed by atoms with Crippen LogP contribution in [0.1, 0.15) is 18.4 Å². The van der Waals surface area contributed by atoms with Crippen LogP contribution in [-0.4, -0.2) is 35.4 Å². The number of nitro groups is 1. The lowest BCUT2D eigenvalue weighted by molar-refractivity contribution is -0.384. The van der Waals surface area contributed by atoms with Gasteiger partial charge in [0.1, 0.15) is 5.69 Å². The highest BCUT2D eigenvalue weighted by Gasteiger charge is 2.25. The number of nitro benzene ring substituents is 1. The predicted molar refractivity (Wildman–Crippen MR) is 72.1 cm³/mol. The lowest BCUT2D eigenvalue weighted by atomic mass is 10.0. The molecule has 1 amide bonds. The van der Waals surface area contributed by atoms with Gasteiger partial charge in [-0.25, -0.2) is 0 Å². The summed E-state index contributed by atoms with van der Waals surface area (Å²) in [5.41, 5.74) is 1.48. The molecule has 1 aromatic carbocycles. The molecule has 6 nitrogen and oxygen atoms in total. The monoisotopic (exact) mass is 263 g/mol. The number of hydrogen-bond acceptors (Lipinski definition) is 4. The maximum atomic E-state index is 11.4. The molecule has 1 atom stereocenters. The van der Waals surface area contributed by atoms with Gasteiger partial charge in [0.15, 0.2) is 0 Å². The fourth-order valence-electron chi connectivity index (χ4n) is 2.33. The van der Waals surface area contributed by atoms with Crippen molar-refractivity contribution in [2.24, 2.45) is 0 Å². The lowest BCUT2D eigenvalue weighted by Crippen LogP contribution is -2.43. The van der Waals surface area contributed by atoms with Crippen LogP contribution in [-0.2, 0) is 4.79 Å². The van der Waals surface area contributed by atoms with E-state index >= 15 is 0 Å². The van der Waals surface area contributed by atoms with Gasteiger partial charge in [0.25, 0.3) is 5.69 Å². The van der Waals surface area contributed by atoms with E-state index in [4.69, 9.17) is 0 Å². The number of carbonyl (C=O) groups is 1. The second-order valence-corrected chi connectivity index (χ2v) is 4.88. The molecule has 1 heterocycles. The minimum Gasteiger partial charge on any atom is -0.375 e. The standard InChI is InChI=1S/C13H17N3O3/c1-9-4-3-5-11(16(18)19)13(9)14-10-6-7-12(17)15(2)8-10/h3-5,10,14H,6-8H2,1-2H3. The lowest BCUT2D eigenvalue weighted by Gasteiger charge is -2.31. The summed E-state index contributed by atoms with van der Waals surface area (Å²) in [7, 11) is 1.75. The SMILES string of the molecule is Cc1cccc([N+](=O)[O-])c1NC1CCC(=O)N(C)C1. The highest BCUT2D eigenvalue weighted by Crippen LogP contribution is 2.29. The Hall–Kier alpha value is -2.11. The summed E-state index contributed by atoms with van der Waals surface area (Å²) in [5.74, 6) is 0.123. The number of anilines is 1. The van der Waals surface area contributed by atoms with Crippen molar-refractivity contribution in [1.29, 1.82) is 0 Å². The summed E-state index contributed by atoms with van der Waals surface area (Å²) in [6, 6.07) is 5.07. The van der Waals surface area contributed by atoms with Gasteiger partial charge in [0.05, 0.1) is 4.92 Å². The molecule has 102 valence electrons. The number of likely N-dealkylation sites (N-methyl/N-ethyl adjacent to an activating group) is 1. The minimum absolute atomic E-state index is 0.0579. The first-order valence-electron chi connectivity index (χ1n) is 6.23. The quantitative estimate of drug-likeness (QED) is 0.668. The Kier molecular flexibility index (Phi) is 3.69. The zero-order chi connectivity index (χ0) is 14.0. The summed E-state index contributed by atoms with van der Waals surface area (Å²) < 4.78 is 0. The first-order chi connectivity index (χ1) is 8.99. The third-order valence-corrected chi connectivity index (χ3v) is 3.42. The molecular formula is C13H17N3O3. The van der Waals surface area contributed by atoms with Crippen LogP contribution in [0.3, 0.4) is 0 Å². The number of rotatable bonds is 3. The summed E-state index contributed by atoms with van der Waals surface area (Å²) in [6.45, 7) is 2.41. The van der Waals surface area contributed by atoms with Gasteiger partial charge in [0.2, 0.25) is 5.91 Å². The van der Waals surface area contributed by atoms with Gasteiger partial charge in [-0.3, -0.25) is 14.9 Å². The molecule has 0 spiro atoms. The Morgan fingerprint density at radius 2 is 2.21 bits per heavy atom. The fraction of sp³-hybridized carbons (Fsp3) is 0.462. The second-order valence-electron chi connectivity index (χ2n) is 4.88. The predicted octanol–water partition coefficient (Wildman–Crippen LogP) is 1.94. The molecule has 0 radical (unpaired) electrons. The van der Waals surface area contributed by atoms with Gasteiger partial charge in [-0.2, -0.15) is 0 Å². The fourth-order valence-corrected chi connectivity index (χ4v) is 2.33. The molecule has 0 aromatic heterocycles. The average Bonchev–Trinajstić information content (AvgIpc) is 2.36. The largest absolute Gasteiger partial charge is 0.375 e. The topological polar surface area (TPSA) is 75.5 Å². The number of carbonyl (C=O) groups excluding carboxylic acids is 1. The Morgan fingerprint density at radius 3 is 2.84 bits per heavy atom. The third kappa shape index (κ3) is 2.83. The molecular weight excluding hydrogens is 246 g/mol. The second kappa shape index (κ2) is 5.26. The van der Waals surface area contributed by atoms with Gasteiger partial charge >= 0.3 is 0 Å². The van der Waals surface area contributed by atoms with E-state index in [9.17, 15) is 14.9 Å². The zero-order valence-corrected chi connectivity index (χ0v) is 11.0. The number of amides is 1. The van der Waals surface area contributed by atoms with Crippen LogP contribution in [0.5, 0.6) is 0 Å². The zero-order valence-electron chi connectivity index (χ0n) is 11.0. The summed E-state index contributed by atoms with van der Waals surface area (Å²) in [6.07, 6.45) is 1.18. The van der Waals surface area contributed by atoms with E-state index in [1.54, 1.807) is 18.0 Å². The molecule has 2 rings (SSSR count). The van der Waals surface area contributed by atoms with Crippen molar-refractivity contribution >= 4 is 17.3 Å². The number of aryl methyl sites for hydroxylation is 1. The van der Waals surface area contributed by atoms with E-state index in [0.29, 0.717) is 25.1 Å². The van der Waals surface area contributed by atoms with Crippen LogP contribution in [0, 0.1) is 17.0 Å². The molecule has 0 saturated carbocycles. The maximum absolute atomic E-state index is 11.4. The number of nitrogens with one attached hydrogen (secondary N) is 1. The van der Waals surface area contributed by atoms with Crippen LogP contribution >= 0.6 is 0 Å². The van der Waals surface area contributed by atoms with Crippen molar-refractivity contribution in [1.82, 2.24) is 4.90 Å². The van der Waals surface area contributed by atoms with Crippen LogP contribution in [0.4, 0.5) is 11.4 Å². The number of likely N-dealkylation sites (tertiary alicyclic amines) is 1. The van der Waals surface area contributed by atoms with Crippen LogP contribution in [0.2, 0.25) is 0 Å². The molecule has 0 aliphatic carbocycles. The average molecular weight is 263 g/mol. The van der Waals surface area contributed by atoms with Crippen molar-refractivity contribution in [2.75, 3.05) is 18.9 Å². The van der Waals surface area contributed by atoms with Gasteiger partial charge < -0.3 is 10.2 Å². The molecule has 0 bridgehead atoms. The Bertz CT molecular complexity index is 516. The summed E-state index contributed by atoms with van der Waals surface area (Å²) in [4.78, 5) is 23.7. The molecule has 1 saturated heterocycles. The number of nitrogens with zero attached hydrogens (tertiary/aromatic N) is 2. The van der Waals surface area contributed by atoms with Crippen molar-refractivity contribution in [2.45, 2.75) is 25.8 Å². The first kappa shape index (κ1) is 13.3. The molecule has 1 aromatic rings. The van der Waals surface area contributed by atoms with E-state index in [2.05, 4.69) is 5.32 Å². The van der Waals surface area contributed by atoms with E-state index in [-0.39, 0.29) is 22.6 Å².